The van der Waals surface area contributed by atoms with Gasteiger partial charge in [0.1, 0.15) is 0 Å². The number of aryl methyl sites for hydroxylation is 1. The third-order valence-electron chi connectivity index (χ3n) is 7.62. The van der Waals surface area contributed by atoms with E-state index < -0.39 is 0 Å². The first-order chi connectivity index (χ1) is 19.1. The Labute approximate surface area is 231 Å². The van der Waals surface area contributed by atoms with Crippen LogP contribution >= 0.6 is 0 Å². The molecule has 2 aliphatic rings. The summed E-state index contributed by atoms with van der Waals surface area (Å²) in [5.74, 6) is -0.205. The van der Waals surface area contributed by atoms with Crippen molar-refractivity contribution in [1.82, 2.24) is 10.2 Å². The molecule has 2 heterocycles. The number of nitrogens with one attached hydrogen (secondary N) is 2. The fourth-order valence-corrected chi connectivity index (χ4v) is 5.27. The van der Waals surface area contributed by atoms with Gasteiger partial charge >= 0.3 is 0 Å². The Morgan fingerprint density at radius 1 is 0.795 bits per heavy atom. The molecule has 0 aliphatic carbocycles. The number of piperidine rings is 1. The van der Waals surface area contributed by atoms with E-state index in [4.69, 9.17) is 4.74 Å². The van der Waals surface area contributed by atoms with Crippen LogP contribution in [0.4, 0.5) is 11.4 Å². The predicted octanol–water partition coefficient (Wildman–Crippen LogP) is 4.97. The summed E-state index contributed by atoms with van der Waals surface area (Å²) < 4.78 is 5.43. The highest BCUT2D eigenvalue weighted by Gasteiger charge is 2.14. The highest BCUT2D eigenvalue weighted by Crippen LogP contribution is 2.26. The number of likely N-dealkylation sites (tertiary alicyclic amines) is 1. The molecule has 0 saturated carbocycles. The Morgan fingerprint density at radius 3 is 2.21 bits per heavy atom. The Morgan fingerprint density at radius 2 is 1.49 bits per heavy atom. The van der Waals surface area contributed by atoms with Crippen LogP contribution in [0.5, 0.6) is 0 Å². The SMILES string of the molecule is Cc1ccc(C(=O)Nc2ccc(N3CCOCC3)cc2)cc1-c1ccc(C(=O)NCCN2CCCCC2)cc1. The summed E-state index contributed by atoms with van der Waals surface area (Å²) in [6.45, 7) is 9.08. The van der Waals surface area contributed by atoms with Gasteiger partial charge in [0, 0.05) is 48.7 Å². The summed E-state index contributed by atoms with van der Waals surface area (Å²) >= 11 is 0. The third-order valence-corrected chi connectivity index (χ3v) is 7.62. The number of benzene rings is 3. The van der Waals surface area contributed by atoms with Gasteiger partial charge in [-0.1, -0.05) is 24.6 Å². The molecule has 2 saturated heterocycles. The molecule has 3 aromatic rings. The second kappa shape index (κ2) is 12.9. The molecule has 7 nitrogen and oxygen atoms in total. The highest BCUT2D eigenvalue weighted by molar-refractivity contribution is 6.05. The van der Waals surface area contributed by atoms with E-state index in [9.17, 15) is 9.59 Å². The van der Waals surface area contributed by atoms with E-state index in [0.29, 0.717) is 17.7 Å². The predicted molar refractivity (Wildman–Crippen MR) is 157 cm³/mol. The van der Waals surface area contributed by atoms with Gasteiger partial charge in [-0.15, -0.1) is 0 Å². The average Bonchev–Trinajstić information content (AvgIpc) is 2.99. The van der Waals surface area contributed by atoms with Crippen LogP contribution in [0.15, 0.2) is 66.7 Å². The van der Waals surface area contributed by atoms with Crippen molar-refractivity contribution in [3.05, 3.63) is 83.4 Å². The zero-order chi connectivity index (χ0) is 27.0. The smallest absolute Gasteiger partial charge is 0.255 e. The van der Waals surface area contributed by atoms with Gasteiger partial charge in [0.05, 0.1) is 13.2 Å². The quantitative estimate of drug-likeness (QED) is 0.434. The van der Waals surface area contributed by atoms with E-state index in [-0.39, 0.29) is 11.8 Å². The van der Waals surface area contributed by atoms with E-state index in [1.807, 2.05) is 73.7 Å². The zero-order valence-corrected chi connectivity index (χ0v) is 22.7. The average molecular weight is 527 g/mol. The number of hydrogen-bond acceptors (Lipinski definition) is 5. The van der Waals surface area contributed by atoms with Crippen LogP contribution in [0.25, 0.3) is 11.1 Å². The number of amides is 2. The largest absolute Gasteiger partial charge is 0.378 e. The molecule has 0 spiro atoms. The third kappa shape index (κ3) is 7.05. The summed E-state index contributed by atoms with van der Waals surface area (Å²) in [5.41, 5.74) is 6.14. The second-order valence-electron chi connectivity index (χ2n) is 10.4. The molecule has 5 rings (SSSR count). The standard InChI is InChI=1S/C32H38N4O3/c1-24-5-6-27(32(38)34-28-11-13-29(14-12-28)36-19-21-39-22-20-36)23-30(24)25-7-9-26(10-8-25)31(37)33-15-18-35-16-3-2-4-17-35/h5-14,23H,2-4,15-22H2,1H3,(H,33,37)(H,34,38). The molecule has 204 valence electrons. The molecular formula is C32H38N4O3. The molecule has 2 amide bonds. The van der Waals surface area contributed by atoms with Gasteiger partial charge in [-0.3, -0.25) is 9.59 Å². The molecule has 0 bridgehead atoms. The summed E-state index contributed by atoms with van der Waals surface area (Å²) in [6.07, 6.45) is 3.81. The molecule has 39 heavy (non-hydrogen) atoms. The molecule has 0 radical (unpaired) electrons. The number of morpholine rings is 1. The number of ether oxygens (including phenoxy) is 1. The van der Waals surface area contributed by atoms with Crippen molar-refractivity contribution in [1.29, 1.82) is 0 Å². The molecule has 2 fully saturated rings. The first-order valence-corrected chi connectivity index (χ1v) is 14.0. The number of rotatable bonds is 8. The lowest BCUT2D eigenvalue weighted by atomic mass is 9.97. The van der Waals surface area contributed by atoms with Crippen LogP contribution in [-0.2, 0) is 4.74 Å². The van der Waals surface area contributed by atoms with E-state index in [1.165, 1.54) is 19.3 Å². The van der Waals surface area contributed by atoms with Gasteiger partial charge in [0.2, 0.25) is 0 Å². The van der Waals surface area contributed by atoms with Gasteiger partial charge in [0.25, 0.3) is 11.8 Å². The summed E-state index contributed by atoms with van der Waals surface area (Å²) in [6, 6.07) is 21.3. The Kier molecular flexibility index (Phi) is 8.91. The van der Waals surface area contributed by atoms with Crippen molar-refractivity contribution in [2.24, 2.45) is 0 Å². The molecule has 0 unspecified atom stereocenters. The van der Waals surface area contributed by atoms with E-state index in [2.05, 4.69) is 20.4 Å². The number of nitrogens with zero attached hydrogens (tertiary/aromatic N) is 2. The molecule has 0 aromatic heterocycles. The maximum absolute atomic E-state index is 13.1. The number of anilines is 2. The topological polar surface area (TPSA) is 73.9 Å². The van der Waals surface area contributed by atoms with Crippen LogP contribution in [-0.4, -0.2) is 69.2 Å². The molecule has 0 atom stereocenters. The Hall–Kier alpha value is -3.68. The van der Waals surface area contributed by atoms with Crippen LogP contribution < -0.4 is 15.5 Å². The van der Waals surface area contributed by atoms with Crippen molar-refractivity contribution in [3.63, 3.8) is 0 Å². The Bertz CT molecular complexity index is 1260. The maximum atomic E-state index is 13.1. The van der Waals surface area contributed by atoms with Gasteiger partial charge in [-0.05, 0) is 98.1 Å². The lowest BCUT2D eigenvalue weighted by Crippen LogP contribution is -2.37. The van der Waals surface area contributed by atoms with E-state index in [1.54, 1.807) is 0 Å². The van der Waals surface area contributed by atoms with Crippen LogP contribution in [0.1, 0.15) is 45.5 Å². The van der Waals surface area contributed by atoms with Crippen molar-refractivity contribution < 1.29 is 14.3 Å². The lowest BCUT2D eigenvalue weighted by Gasteiger charge is -2.28. The van der Waals surface area contributed by atoms with Crippen molar-refractivity contribution >= 4 is 23.2 Å². The van der Waals surface area contributed by atoms with Crippen molar-refractivity contribution in [2.75, 3.05) is 62.7 Å². The van der Waals surface area contributed by atoms with Crippen molar-refractivity contribution in [2.45, 2.75) is 26.2 Å². The lowest BCUT2D eigenvalue weighted by molar-refractivity contribution is 0.0945. The number of carbonyl (C=O) groups is 2. The minimum Gasteiger partial charge on any atom is -0.378 e. The highest BCUT2D eigenvalue weighted by atomic mass is 16.5. The van der Waals surface area contributed by atoms with Gasteiger partial charge in [-0.25, -0.2) is 0 Å². The fraction of sp³-hybridized carbons (Fsp3) is 0.375. The van der Waals surface area contributed by atoms with Crippen LogP contribution in [0.2, 0.25) is 0 Å². The Balaban J connectivity index is 1.19. The first kappa shape index (κ1) is 26.9. The molecular weight excluding hydrogens is 488 g/mol. The zero-order valence-electron chi connectivity index (χ0n) is 22.7. The van der Waals surface area contributed by atoms with E-state index >= 15 is 0 Å². The van der Waals surface area contributed by atoms with Crippen LogP contribution in [0.3, 0.4) is 0 Å². The molecule has 2 aliphatic heterocycles. The van der Waals surface area contributed by atoms with Crippen molar-refractivity contribution in [3.8, 4) is 11.1 Å². The summed E-state index contributed by atoms with van der Waals surface area (Å²) in [7, 11) is 0. The second-order valence-corrected chi connectivity index (χ2v) is 10.4. The monoisotopic (exact) mass is 526 g/mol. The summed E-state index contributed by atoms with van der Waals surface area (Å²) in [4.78, 5) is 30.4. The molecule has 3 aromatic carbocycles. The normalized spacial score (nSPS) is 16.1. The minimum atomic E-state index is -0.153. The molecule has 2 N–H and O–H groups in total. The van der Waals surface area contributed by atoms with Crippen LogP contribution in [0, 0.1) is 6.92 Å². The van der Waals surface area contributed by atoms with Gasteiger partial charge in [-0.2, -0.15) is 0 Å². The fourth-order valence-electron chi connectivity index (χ4n) is 5.27. The van der Waals surface area contributed by atoms with Gasteiger partial charge in [0.15, 0.2) is 0 Å². The minimum absolute atomic E-state index is 0.0527. The van der Waals surface area contributed by atoms with Gasteiger partial charge < -0.3 is 25.2 Å². The first-order valence-electron chi connectivity index (χ1n) is 14.0. The molecule has 7 heteroatoms. The number of hydrogen-bond donors (Lipinski definition) is 2. The maximum Gasteiger partial charge on any atom is 0.255 e. The number of carbonyl (C=O) groups excluding carboxylic acids is 2. The van der Waals surface area contributed by atoms with E-state index in [0.717, 1.165) is 74.0 Å². The summed E-state index contributed by atoms with van der Waals surface area (Å²) in [5, 5.41) is 6.06.